The molecular weight excluding hydrogens is 324 g/mol. The molecule has 0 radical (unpaired) electrons. The zero-order valence-electron chi connectivity index (χ0n) is 15.7. The quantitative estimate of drug-likeness (QED) is 0.638. The lowest BCUT2D eigenvalue weighted by Crippen LogP contribution is -2.49. The summed E-state index contributed by atoms with van der Waals surface area (Å²) in [6, 6.07) is 10.7. The maximum atomic E-state index is 4.44. The molecule has 0 amide bonds. The van der Waals surface area contributed by atoms with Gasteiger partial charge in [0.1, 0.15) is 5.82 Å². The average molecular weight is 352 g/mol. The van der Waals surface area contributed by atoms with Gasteiger partial charge in [-0.3, -0.25) is 9.98 Å². The van der Waals surface area contributed by atoms with Crippen LogP contribution in [0.15, 0.2) is 47.7 Å². The van der Waals surface area contributed by atoms with Crippen molar-refractivity contribution in [3.05, 3.63) is 54.0 Å². The number of anilines is 1. The number of aromatic nitrogens is 2. The molecule has 1 aliphatic heterocycles. The van der Waals surface area contributed by atoms with Crippen molar-refractivity contribution in [2.75, 3.05) is 31.6 Å². The molecule has 2 aromatic heterocycles. The number of hydrogen-bond donors (Lipinski definition) is 2. The van der Waals surface area contributed by atoms with Gasteiger partial charge in [-0.05, 0) is 49.9 Å². The first kappa shape index (κ1) is 18.2. The van der Waals surface area contributed by atoms with Crippen molar-refractivity contribution in [2.45, 2.75) is 32.2 Å². The topological polar surface area (TPSA) is 65.4 Å². The van der Waals surface area contributed by atoms with E-state index in [0.29, 0.717) is 6.04 Å². The molecule has 138 valence electrons. The predicted octanol–water partition coefficient (Wildman–Crippen LogP) is 2.16. The van der Waals surface area contributed by atoms with Crippen LogP contribution in [0.3, 0.4) is 0 Å². The summed E-state index contributed by atoms with van der Waals surface area (Å²) >= 11 is 0. The monoisotopic (exact) mass is 352 g/mol. The number of rotatable bonds is 5. The number of aryl methyl sites for hydroxylation is 1. The van der Waals surface area contributed by atoms with Crippen LogP contribution in [0.25, 0.3) is 0 Å². The molecule has 0 aromatic carbocycles. The summed E-state index contributed by atoms with van der Waals surface area (Å²) in [5.41, 5.74) is 2.29. The molecule has 0 saturated carbocycles. The molecule has 0 atom stereocenters. The van der Waals surface area contributed by atoms with Gasteiger partial charge < -0.3 is 15.5 Å². The van der Waals surface area contributed by atoms with Crippen molar-refractivity contribution in [3.8, 4) is 0 Å². The fourth-order valence-electron chi connectivity index (χ4n) is 3.15. The molecule has 26 heavy (non-hydrogen) atoms. The lowest BCUT2D eigenvalue weighted by molar-refractivity contribution is 0.459. The van der Waals surface area contributed by atoms with Crippen molar-refractivity contribution in [2.24, 2.45) is 4.99 Å². The number of nitrogens with zero attached hydrogens (tertiary/aromatic N) is 4. The lowest BCUT2D eigenvalue weighted by atomic mass is 10.1. The Morgan fingerprint density at radius 2 is 2.04 bits per heavy atom. The first-order chi connectivity index (χ1) is 12.7. The molecule has 1 fully saturated rings. The number of hydrogen-bond acceptors (Lipinski definition) is 4. The number of nitrogens with one attached hydrogen (secondary N) is 2. The van der Waals surface area contributed by atoms with E-state index >= 15 is 0 Å². The highest BCUT2D eigenvalue weighted by molar-refractivity contribution is 5.80. The summed E-state index contributed by atoms with van der Waals surface area (Å²) in [4.78, 5) is 15.5. The molecule has 1 saturated heterocycles. The van der Waals surface area contributed by atoms with Gasteiger partial charge in [0.2, 0.25) is 0 Å². The maximum absolute atomic E-state index is 4.44. The molecule has 0 bridgehead atoms. The van der Waals surface area contributed by atoms with Crippen LogP contribution in [-0.2, 0) is 6.42 Å². The fourth-order valence-corrected chi connectivity index (χ4v) is 3.15. The summed E-state index contributed by atoms with van der Waals surface area (Å²) in [5, 5.41) is 6.96. The highest BCUT2D eigenvalue weighted by atomic mass is 15.2. The zero-order valence-corrected chi connectivity index (χ0v) is 15.7. The summed E-state index contributed by atoms with van der Waals surface area (Å²) < 4.78 is 0. The van der Waals surface area contributed by atoms with Gasteiger partial charge in [-0.1, -0.05) is 12.1 Å². The van der Waals surface area contributed by atoms with E-state index in [-0.39, 0.29) is 0 Å². The molecule has 3 heterocycles. The standard InChI is InChI=1S/C20H28N6/c1-16-6-7-17(15-24-16)8-12-23-20(21-2)25-18-9-13-26(14-10-18)19-5-3-4-11-22-19/h3-7,11,15,18H,8-10,12-14H2,1-2H3,(H2,21,23,25). The normalized spacial score (nSPS) is 15.8. The van der Waals surface area contributed by atoms with Crippen LogP contribution in [-0.4, -0.2) is 48.7 Å². The van der Waals surface area contributed by atoms with Crippen LogP contribution >= 0.6 is 0 Å². The van der Waals surface area contributed by atoms with Crippen molar-refractivity contribution >= 4 is 11.8 Å². The lowest BCUT2D eigenvalue weighted by Gasteiger charge is -2.33. The Hall–Kier alpha value is -2.63. The van der Waals surface area contributed by atoms with Crippen molar-refractivity contribution in [1.82, 2.24) is 20.6 Å². The Morgan fingerprint density at radius 1 is 1.19 bits per heavy atom. The van der Waals surface area contributed by atoms with Gasteiger partial charge in [0, 0.05) is 50.8 Å². The first-order valence-electron chi connectivity index (χ1n) is 9.29. The minimum atomic E-state index is 0.446. The molecule has 6 nitrogen and oxygen atoms in total. The van der Waals surface area contributed by atoms with Crippen LogP contribution in [0.5, 0.6) is 0 Å². The molecule has 0 unspecified atom stereocenters. The van der Waals surface area contributed by atoms with E-state index in [1.807, 2.05) is 38.5 Å². The van der Waals surface area contributed by atoms with Gasteiger partial charge in [0.25, 0.3) is 0 Å². The fraction of sp³-hybridized carbons (Fsp3) is 0.450. The summed E-state index contributed by atoms with van der Waals surface area (Å²) in [7, 11) is 1.83. The summed E-state index contributed by atoms with van der Waals surface area (Å²) in [5.74, 6) is 1.95. The largest absolute Gasteiger partial charge is 0.356 e. The van der Waals surface area contributed by atoms with Gasteiger partial charge in [0.05, 0.1) is 0 Å². The van der Waals surface area contributed by atoms with Crippen LogP contribution in [0.1, 0.15) is 24.1 Å². The molecule has 2 N–H and O–H groups in total. The highest BCUT2D eigenvalue weighted by Gasteiger charge is 2.20. The van der Waals surface area contributed by atoms with E-state index < -0.39 is 0 Å². The Balaban J connectivity index is 1.41. The maximum Gasteiger partial charge on any atom is 0.191 e. The number of guanidine groups is 1. The van der Waals surface area contributed by atoms with Gasteiger partial charge >= 0.3 is 0 Å². The first-order valence-corrected chi connectivity index (χ1v) is 9.29. The van der Waals surface area contributed by atoms with E-state index in [9.17, 15) is 0 Å². The van der Waals surface area contributed by atoms with Crippen molar-refractivity contribution in [3.63, 3.8) is 0 Å². The number of pyridine rings is 2. The second kappa shape index (κ2) is 9.17. The van der Waals surface area contributed by atoms with E-state index in [1.165, 1.54) is 5.56 Å². The molecule has 6 heteroatoms. The Morgan fingerprint density at radius 3 is 2.69 bits per heavy atom. The van der Waals surface area contributed by atoms with Gasteiger partial charge in [-0.15, -0.1) is 0 Å². The highest BCUT2D eigenvalue weighted by Crippen LogP contribution is 2.17. The number of piperidine rings is 1. The minimum absolute atomic E-state index is 0.446. The Bertz CT molecular complexity index is 690. The number of aliphatic imine (C=N–C) groups is 1. The molecule has 3 rings (SSSR count). The molecular formula is C20H28N6. The van der Waals surface area contributed by atoms with Crippen LogP contribution in [0.2, 0.25) is 0 Å². The second-order valence-corrected chi connectivity index (χ2v) is 6.65. The van der Waals surface area contributed by atoms with Crippen LogP contribution in [0.4, 0.5) is 5.82 Å². The minimum Gasteiger partial charge on any atom is -0.356 e. The molecule has 1 aliphatic rings. The van der Waals surface area contributed by atoms with Gasteiger partial charge in [-0.2, -0.15) is 0 Å². The van der Waals surface area contributed by atoms with Crippen molar-refractivity contribution < 1.29 is 0 Å². The van der Waals surface area contributed by atoms with Gasteiger partial charge in [-0.25, -0.2) is 4.98 Å². The third-order valence-corrected chi connectivity index (χ3v) is 4.71. The predicted molar refractivity (Wildman–Crippen MR) is 107 cm³/mol. The van der Waals surface area contributed by atoms with E-state index in [1.54, 1.807) is 0 Å². The Labute approximate surface area is 155 Å². The zero-order chi connectivity index (χ0) is 18.2. The SMILES string of the molecule is CN=C(NCCc1ccc(C)nc1)NC1CCN(c2ccccn2)CC1. The van der Waals surface area contributed by atoms with E-state index in [2.05, 4.69) is 48.7 Å². The third kappa shape index (κ3) is 5.18. The average Bonchev–Trinajstić information content (AvgIpc) is 2.70. The molecule has 2 aromatic rings. The van der Waals surface area contributed by atoms with Crippen LogP contribution in [0, 0.1) is 6.92 Å². The van der Waals surface area contributed by atoms with E-state index in [4.69, 9.17) is 0 Å². The Kier molecular flexibility index (Phi) is 6.41. The van der Waals surface area contributed by atoms with E-state index in [0.717, 1.165) is 56.4 Å². The molecule has 0 spiro atoms. The summed E-state index contributed by atoms with van der Waals surface area (Å²) in [6.07, 6.45) is 6.90. The van der Waals surface area contributed by atoms with Gasteiger partial charge in [0.15, 0.2) is 5.96 Å². The molecule has 0 aliphatic carbocycles. The second-order valence-electron chi connectivity index (χ2n) is 6.65. The van der Waals surface area contributed by atoms with Crippen LogP contribution < -0.4 is 15.5 Å². The smallest absolute Gasteiger partial charge is 0.191 e. The van der Waals surface area contributed by atoms with Crippen molar-refractivity contribution in [1.29, 1.82) is 0 Å². The summed E-state index contributed by atoms with van der Waals surface area (Å²) in [6.45, 7) is 4.88. The third-order valence-electron chi connectivity index (χ3n) is 4.71.